The van der Waals surface area contributed by atoms with Crippen molar-refractivity contribution in [1.29, 1.82) is 0 Å². The maximum atomic E-state index is 13.6. The van der Waals surface area contributed by atoms with Gasteiger partial charge in [-0.1, -0.05) is 11.6 Å². The fourth-order valence-corrected chi connectivity index (χ4v) is 5.37. The molecule has 0 spiro atoms. The van der Waals surface area contributed by atoms with Gasteiger partial charge in [-0.15, -0.1) is 10.2 Å². The van der Waals surface area contributed by atoms with E-state index in [-0.39, 0.29) is 17.2 Å². The van der Waals surface area contributed by atoms with Gasteiger partial charge in [-0.3, -0.25) is 0 Å². The van der Waals surface area contributed by atoms with Crippen molar-refractivity contribution in [2.45, 2.75) is 50.9 Å². The first-order chi connectivity index (χ1) is 23.9. The number of rotatable bonds is 6. The van der Waals surface area contributed by atoms with E-state index in [1.807, 2.05) is 22.1 Å². The summed E-state index contributed by atoms with van der Waals surface area (Å²) in [7, 11) is 0. The standard InChI is InChI=1S/C16H15F2N5.C14H9ClF2N4.C2H4F3N/c1-2-19-15-5-9(8-20-22-15)16-21-13-6-11(17)12(18)7-14(13)23(16)10-3-4-10;15-13-3-7(6-18-20-13)14-19-11-4-9(16)10(17)5-12(11)21(14)8-1-2-8;3-2(4,5)1-6/h5-8,10H,2-4H2,1H3,(H,19,22);3-6,8H,1-2H2;1,6H2. The van der Waals surface area contributed by atoms with E-state index in [4.69, 9.17) is 11.6 Å². The summed E-state index contributed by atoms with van der Waals surface area (Å²) >= 11 is 5.86. The largest absolute Gasteiger partial charge is 0.400 e. The molecule has 8 rings (SSSR count). The van der Waals surface area contributed by atoms with Crippen molar-refractivity contribution < 1.29 is 30.7 Å². The molecule has 18 heteroatoms. The Morgan fingerprint density at radius 2 is 1.18 bits per heavy atom. The van der Waals surface area contributed by atoms with Crippen LogP contribution in [-0.4, -0.2) is 58.8 Å². The lowest BCUT2D eigenvalue weighted by atomic mass is 10.2. The Labute approximate surface area is 284 Å². The maximum absolute atomic E-state index is 13.6. The Morgan fingerprint density at radius 3 is 1.60 bits per heavy atom. The first-order valence-corrected chi connectivity index (χ1v) is 15.8. The second-order valence-corrected chi connectivity index (χ2v) is 11.9. The molecule has 0 radical (unpaired) electrons. The van der Waals surface area contributed by atoms with Gasteiger partial charge in [-0.05, 0) is 44.7 Å². The lowest BCUT2D eigenvalue weighted by molar-refractivity contribution is -0.118. The Balaban J connectivity index is 0.000000150. The zero-order chi connectivity index (χ0) is 35.7. The highest BCUT2D eigenvalue weighted by Gasteiger charge is 2.31. The maximum Gasteiger partial charge on any atom is 0.400 e. The lowest BCUT2D eigenvalue weighted by Crippen LogP contribution is -2.21. The van der Waals surface area contributed by atoms with Crippen molar-refractivity contribution in [2.24, 2.45) is 5.73 Å². The van der Waals surface area contributed by atoms with Crippen LogP contribution >= 0.6 is 11.6 Å². The molecule has 4 aromatic heterocycles. The molecular formula is C32H28ClF7N10. The number of nitrogens with one attached hydrogen (secondary N) is 1. The van der Waals surface area contributed by atoms with Crippen molar-refractivity contribution in [3.63, 3.8) is 0 Å². The van der Waals surface area contributed by atoms with E-state index in [2.05, 4.69) is 41.4 Å². The number of alkyl halides is 3. The Hall–Kier alpha value is -4.90. The van der Waals surface area contributed by atoms with E-state index in [0.29, 0.717) is 45.1 Å². The average molecular weight is 721 g/mol. The number of hydrogen-bond donors (Lipinski definition) is 2. The van der Waals surface area contributed by atoms with Gasteiger partial charge >= 0.3 is 6.18 Å². The highest BCUT2D eigenvalue weighted by molar-refractivity contribution is 6.29. The van der Waals surface area contributed by atoms with Crippen molar-refractivity contribution >= 4 is 39.5 Å². The lowest BCUT2D eigenvalue weighted by Gasteiger charge is -2.08. The third-order valence-corrected chi connectivity index (χ3v) is 7.86. The van der Waals surface area contributed by atoms with Crippen LogP contribution in [0, 0.1) is 23.3 Å². The van der Waals surface area contributed by atoms with Crippen LogP contribution in [-0.2, 0) is 0 Å². The number of fused-ring (bicyclic) bond motifs is 2. The van der Waals surface area contributed by atoms with Gasteiger partial charge in [0.2, 0.25) is 0 Å². The Kier molecular flexibility index (Phi) is 9.89. The number of halogens is 8. The predicted molar refractivity (Wildman–Crippen MR) is 172 cm³/mol. The molecule has 2 fully saturated rings. The van der Waals surface area contributed by atoms with E-state index < -0.39 is 36.0 Å². The van der Waals surface area contributed by atoms with Crippen LogP contribution in [0.2, 0.25) is 5.15 Å². The summed E-state index contributed by atoms with van der Waals surface area (Å²) in [4.78, 5) is 8.93. The summed E-state index contributed by atoms with van der Waals surface area (Å²) < 4.78 is 90.0. The molecule has 0 unspecified atom stereocenters. The second kappa shape index (κ2) is 14.1. The average Bonchev–Trinajstić information content (AvgIpc) is 4.02. The second-order valence-electron chi connectivity index (χ2n) is 11.5. The third-order valence-electron chi connectivity index (χ3n) is 7.67. The van der Waals surface area contributed by atoms with E-state index in [1.165, 1.54) is 12.1 Å². The van der Waals surface area contributed by atoms with E-state index in [9.17, 15) is 30.7 Å². The number of nitrogens with two attached hydrogens (primary N) is 1. The van der Waals surface area contributed by atoms with Crippen LogP contribution in [0.25, 0.3) is 44.8 Å². The first-order valence-electron chi connectivity index (χ1n) is 15.4. The molecule has 0 saturated heterocycles. The number of nitrogens with zero attached hydrogens (tertiary/aromatic N) is 8. The first kappa shape index (κ1) is 34.9. The molecule has 6 aromatic rings. The minimum Gasteiger partial charge on any atom is -0.369 e. The summed E-state index contributed by atoms with van der Waals surface area (Å²) in [6.45, 7) is 1.47. The number of anilines is 1. The summed E-state index contributed by atoms with van der Waals surface area (Å²) in [5.74, 6) is -1.59. The van der Waals surface area contributed by atoms with Gasteiger partial charge in [0.05, 0.1) is 41.0 Å². The number of benzene rings is 2. The predicted octanol–water partition coefficient (Wildman–Crippen LogP) is 7.81. The summed E-state index contributed by atoms with van der Waals surface area (Å²) in [6.07, 6.45) is 2.98. The molecule has 50 heavy (non-hydrogen) atoms. The number of hydrogen-bond acceptors (Lipinski definition) is 8. The zero-order valence-corrected chi connectivity index (χ0v) is 27.0. The molecule has 3 N–H and O–H groups in total. The molecule has 2 aromatic carbocycles. The van der Waals surface area contributed by atoms with Gasteiger partial charge in [0.1, 0.15) is 17.5 Å². The molecule has 2 saturated carbocycles. The molecule has 4 heterocycles. The van der Waals surface area contributed by atoms with Crippen LogP contribution in [0.4, 0.5) is 36.6 Å². The van der Waals surface area contributed by atoms with Gasteiger partial charge in [0, 0.05) is 54.0 Å². The summed E-state index contributed by atoms with van der Waals surface area (Å²) in [5, 5.41) is 18.9. The summed E-state index contributed by atoms with van der Waals surface area (Å²) in [6, 6.07) is 8.69. The minimum absolute atomic E-state index is 0.249. The molecule has 0 aliphatic heterocycles. The monoisotopic (exact) mass is 720 g/mol. The van der Waals surface area contributed by atoms with E-state index >= 15 is 0 Å². The van der Waals surface area contributed by atoms with Crippen LogP contribution in [0.15, 0.2) is 48.8 Å². The zero-order valence-electron chi connectivity index (χ0n) is 26.2. The molecule has 2 aliphatic carbocycles. The smallest absolute Gasteiger partial charge is 0.369 e. The fourth-order valence-electron chi connectivity index (χ4n) is 5.21. The van der Waals surface area contributed by atoms with Crippen molar-refractivity contribution in [1.82, 2.24) is 39.5 Å². The molecule has 10 nitrogen and oxygen atoms in total. The molecule has 2 aliphatic rings. The van der Waals surface area contributed by atoms with Crippen LogP contribution in [0.5, 0.6) is 0 Å². The SMILES string of the molecule is CCNc1cc(-c2nc3cc(F)c(F)cc3n2C2CC2)cnn1.Fc1cc2nc(-c3cnnc(Cl)c3)n(C3CC3)c2cc1F.NCC(F)(F)F. The van der Waals surface area contributed by atoms with Crippen molar-refractivity contribution in [3.8, 4) is 22.8 Å². The van der Waals surface area contributed by atoms with Gasteiger partial charge < -0.3 is 20.2 Å². The molecule has 0 amide bonds. The molecular weight excluding hydrogens is 693 g/mol. The van der Waals surface area contributed by atoms with Gasteiger partial charge in [0.25, 0.3) is 0 Å². The minimum atomic E-state index is -4.18. The fraction of sp³-hybridized carbons (Fsp3) is 0.312. The molecule has 0 bridgehead atoms. The van der Waals surface area contributed by atoms with Gasteiger partial charge in [-0.2, -0.15) is 23.4 Å². The quantitative estimate of drug-likeness (QED) is 0.167. The van der Waals surface area contributed by atoms with E-state index in [0.717, 1.165) is 49.9 Å². The van der Waals surface area contributed by atoms with Crippen LogP contribution in [0.1, 0.15) is 44.7 Å². The van der Waals surface area contributed by atoms with Crippen molar-refractivity contribution in [3.05, 3.63) is 77.2 Å². The Bertz CT molecular complexity index is 2160. The number of aromatic nitrogens is 8. The topological polar surface area (TPSA) is 125 Å². The van der Waals surface area contributed by atoms with Gasteiger partial charge in [0.15, 0.2) is 28.4 Å². The van der Waals surface area contributed by atoms with Gasteiger partial charge in [-0.25, -0.2) is 27.5 Å². The van der Waals surface area contributed by atoms with Crippen LogP contribution in [0.3, 0.4) is 0 Å². The Morgan fingerprint density at radius 1 is 0.740 bits per heavy atom. The molecule has 0 atom stereocenters. The highest BCUT2D eigenvalue weighted by Crippen LogP contribution is 2.43. The normalized spacial score (nSPS) is 14.3. The third kappa shape index (κ3) is 7.78. The highest BCUT2D eigenvalue weighted by atomic mass is 35.5. The number of imidazole rings is 2. The van der Waals surface area contributed by atoms with Crippen LogP contribution < -0.4 is 11.1 Å². The van der Waals surface area contributed by atoms with Crippen molar-refractivity contribution in [2.75, 3.05) is 18.4 Å². The summed E-state index contributed by atoms with van der Waals surface area (Å²) in [5.41, 5.74) is 7.71. The molecule has 262 valence electrons. The van der Waals surface area contributed by atoms with E-state index in [1.54, 1.807) is 18.5 Å².